The second-order valence-corrected chi connectivity index (χ2v) is 8.74. The second-order valence-electron chi connectivity index (χ2n) is 5.52. The summed E-state index contributed by atoms with van der Waals surface area (Å²) >= 11 is 1.18. The second kappa shape index (κ2) is 7.36. The highest BCUT2D eigenvalue weighted by molar-refractivity contribution is 7.91. The number of rotatable bonds is 7. The number of non-ortho nitro benzene ring substituents is 1. The minimum Gasteiger partial charge on any atom is -0.369 e. The van der Waals surface area contributed by atoms with Crippen LogP contribution in [0.5, 0.6) is 0 Å². The number of benzene rings is 1. The van der Waals surface area contributed by atoms with Crippen molar-refractivity contribution in [2.45, 2.75) is 4.21 Å². The Morgan fingerprint density at radius 2 is 2.08 bits per heavy atom. The van der Waals surface area contributed by atoms with Crippen LogP contribution in [0.3, 0.4) is 0 Å². The normalized spacial score (nSPS) is 11.8. The van der Waals surface area contributed by atoms with Gasteiger partial charge in [-0.25, -0.2) is 13.4 Å². The highest BCUT2D eigenvalue weighted by Gasteiger charge is 2.21. The van der Waals surface area contributed by atoms with Crippen molar-refractivity contribution in [2.75, 3.05) is 25.5 Å². The molecule has 0 amide bonds. The molecule has 2 heterocycles. The van der Waals surface area contributed by atoms with Crippen LogP contribution in [-0.2, 0) is 10.0 Å². The first-order valence-electron chi connectivity index (χ1n) is 7.67. The summed E-state index contributed by atoms with van der Waals surface area (Å²) in [5.41, 5.74) is 0.639. The van der Waals surface area contributed by atoms with Gasteiger partial charge in [0.05, 0.1) is 10.4 Å². The van der Waals surface area contributed by atoms with Gasteiger partial charge in [-0.1, -0.05) is 6.07 Å². The van der Waals surface area contributed by atoms with Crippen molar-refractivity contribution in [1.29, 1.82) is 0 Å². The van der Waals surface area contributed by atoms with Crippen LogP contribution in [0.2, 0.25) is 0 Å². The molecule has 136 valence electrons. The van der Waals surface area contributed by atoms with Gasteiger partial charge in [0.2, 0.25) is 0 Å². The van der Waals surface area contributed by atoms with E-state index in [1.807, 2.05) is 0 Å². The molecule has 0 bridgehead atoms. The Morgan fingerprint density at radius 3 is 2.77 bits per heavy atom. The molecule has 0 atom stereocenters. The monoisotopic (exact) mass is 392 g/mol. The summed E-state index contributed by atoms with van der Waals surface area (Å²) in [6, 6.07) is 11.2. The van der Waals surface area contributed by atoms with Crippen molar-refractivity contribution in [3.05, 3.63) is 58.0 Å². The molecule has 2 aromatic heterocycles. The quantitative estimate of drug-likeness (QED) is 0.489. The molecular formula is C16H16N4O4S2. The molecule has 3 aromatic rings. The maximum Gasteiger partial charge on any atom is 0.270 e. The van der Waals surface area contributed by atoms with Crippen molar-refractivity contribution in [2.24, 2.45) is 0 Å². The number of likely N-dealkylation sites (N-methyl/N-ethyl adjacent to an activating group) is 1. The highest BCUT2D eigenvalue weighted by Crippen LogP contribution is 2.21. The lowest BCUT2D eigenvalue weighted by Crippen LogP contribution is -2.31. The molecule has 0 spiro atoms. The van der Waals surface area contributed by atoms with Crippen LogP contribution in [0.1, 0.15) is 0 Å². The molecule has 10 heteroatoms. The largest absolute Gasteiger partial charge is 0.369 e. The van der Waals surface area contributed by atoms with Crippen LogP contribution in [0.25, 0.3) is 10.9 Å². The molecule has 0 saturated carbocycles. The first-order chi connectivity index (χ1) is 12.4. The summed E-state index contributed by atoms with van der Waals surface area (Å²) in [6.07, 6.45) is 0. The number of nitro benzene ring substituents is 1. The minimum absolute atomic E-state index is 0.0143. The summed E-state index contributed by atoms with van der Waals surface area (Å²) in [7, 11) is -1.94. The van der Waals surface area contributed by atoms with Crippen molar-refractivity contribution in [1.82, 2.24) is 9.29 Å². The van der Waals surface area contributed by atoms with Gasteiger partial charge in [-0.05, 0) is 29.6 Å². The molecule has 0 fully saturated rings. The number of fused-ring (bicyclic) bond motifs is 1. The van der Waals surface area contributed by atoms with Gasteiger partial charge < -0.3 is 5.32 Å². The van der Waals surface area contributed by atoms with Crippen LogP contribution in [0.15, 0.2) is 52.1 Å². The summed E-state index contributed by atoms with van der Waals surface area (Å²) in [6.45, 7) is 0.660. The number of aromatic nitrogens is 1. The summed E-state index contributed by atoms with van der Waals surface area (Å²) in [4.78, 5) is 14.7. The lowest BCUT2D eigenvalue weighted by atomic mass is 10.2. The predicted octanol–water partition coefficient (Wildman–Crippen LogP) is 2.94. The topological polar surface area (TPSA) is 105 Å². The maximum absolute atomic E-state index is 12.3. The Balaban J connectivity index is 1.64. The first kappa shape index (κ1) is 18.2. The Bertz CT molecular complexity index is 1040. The number of sulfonamides is 1. The van der Waals surface area contributed by atoms with E-state index in [9.17, 15) is 18.5 Å². The van der Waals surface area contributed by atoms with E-state index in [0.29, 0.717) is 27.5 Å². The molecule has 1 aromatic carbocycles. The Hall–Kier alpha value is -2.56. The van der Waals surface area contributed by atoms with Crippen LogP contribution in [0.4, 0.5) is 11.5 Å². The average Bonchev–Trinajstić information content (AvgIpc) is 3.16. The zero-order chi connectivity index (χ0) is 18.7. The van der Waals surface area contributed by atoms with Gasteiger partial charge in [0.1, 0.15) is 10.0 Å². The number of nitrogens with one attached hydrogen (secondary N) is 1. The van der Waals surface area contributed by atoms with Gasteiger partial charge in [-0.15, -0.1) is 11.3 Å². The zero-order valence-corrected chi connectivity index (χ0v) is 15.5. The molecule has 0 aliphatic carbocycles. The third kappa shape index (κ3) is 3.82. The Labute approximate surface area is 154 Å². The highest BCUT2D eigenvalue weighted by atomic mass is 32.2. The van der Waals surface area contributed by atoms with E-state index in [1.165, 1.54) is 34.8 Å². The Kier molecular flexibility index (Phi) is 5.16. The number of anilines is 1. The molecule has 0 aliphatic rings. The fraction of sp³-hybridized carbons (Fsp3) is 0.188. The van der Waals surface area contributed by atoms with Gasteiger partial charge in [0.15, 0.2) is 0 Å². The van der Waals surface area contributed by atoms with Gasteiger partial charge >= 0.3 is 0 Å². The zero-order valence-electron chi connectivity index (χ0n) is 13.8. The van der Waals surface area contributed by atoms with E-state index >= 15 is 0 Å². The molecule has 0 unspecified atom stereocenters. The average molecular weight is 392 g/mol. The van der Waals surface area contributed by atoms with Crippen LogP contribution >= 0.6 is 11.3 Å². The molecule has 0 aliphatic heterocycles. The summed E-state index contributed by atoms with van der Waals surface area (Å²) in [5, 5.41) is 16.3. The molecule has 0 radical (unpaired) electrons. The predicted molar refractivity (Wildman–Crippen MR) is 101 cm³/mol. The first-order valence-corrected chi connectivity index (χ1v) is 9.99. The fourth-order valence-corrected chi connectivity index (χ4v) is 4.72. The fourth-order valence-electron chi connectivity index (χ4n) is 2.35. The number of pyridine rings is 1. The third-order valence-corrected chi connectivity index (χ3v) is 7.01. The number of nitro groups is 1. The summed E-state index contributed by atoms with van der Waals surface area (Å²) < 4.78 is 26.3. The molecule has 1 N–H and O–H groups in total. The van der Waals surface area contributed by atoms with E-state index < -0.39 is 14.9 Å². The van der Waals surface area contributed by atoms with Gasteiger partial charge in [0, 0.05) is 37.7 Å². The molecule has 3 rings (SSSR count). The number of nitrogens with zero attached hydrogens (tertiary/aromatic N) is 3. The third-order valence-electron chi connectivity index (χ3n) is 3.78. The minimum atomic E-state index is -3.47. The maximum atomic E-state index is 12.3. The SMILES string of the molecule is CN(CCNc1ccc2cc([N+](=O)[O-])ccc2n1)S(=O)(=O)c1cccs1. The molecule has 8 nitrogen and oxygen atoms in total. The van der Waals surface area contributed by atoms with Gasteiger partial charge in [0.25, 0.3) is 15.7 Å². The Morgan fingerprint density at radius 1 is 1.27 bits per heavy atom. The van der Waals surface area contributed by atoms with E-state index in [1.54, 1.807) is 35.7 Å². The van der Waals surface area contributed by atoms with Gasteiger partial charge in [-0.2, -0.15) is 4.31 Å². The van der Waals surface area contributed by atoms with Crippen molar-refractivity contribution in [3.63, 3.8) is 0 Å². The van der Waals surface area contributed by atoms with E-state index in [4.69, 9.17) is 0 Å². The lowest BCUT2D eigenvalue weighted by molar-refractivity contribution is -0.384. The van der Waals surface area contributed by atoms with Gasteiger partial charge in [-0.3, -0.25) is 10.1 Å². The van der Waals surface area contributed by atoms with Crippen molar-refractivity contribution < 1.29 is 13.3 Å². The smallest absolute Gasteiger partial charge is 0.270 e. The molecular weight excluding hydrogens is 376 g/mol. The van der Waals surface area contributed by atoms with E-state index in [-0.39, 0.29) is 12.2 Å². The van der Waals surface area contributed by atoms with Crippen molar-refractivity contribution >= 4 is 43.8 Å². The summed E-state index contributed by atoms with van der Waals surface area (Å²) in [5.74, 6) is 0.577. The number of hydrogen-bond donors (Lipinski definition) is 1. The van der Waals surface area contributed by atoms with Crippen LogP contribution < -0.4 is 5.32 Å². The van der Waals surface area contributed by atoms with Crippen LogP contribution in [-0.4, -0.2) is 42.8 Å². The molecule has 26 heavy (non-hydrogen) atoms. The standard InChI is InChI=1S/C16H16N4O4S2/c1-19(26(23,24)16-3-2-10-25-16)9-8-17-15-7-4-12-11-13(20(21)22)5-6-14(12)18-15/h2-7,10-11H,8-9H2,1H3,(H,17,18). The van der Waals surface area contributed by atoms with E-state index in [0.717, 1.165) is 0 Å². The number of hydrogen-bond acceptors (Lipinski definition) is 7. The molecule has 0 saturated heterocycles. The lowest BCUT2D eigenvalue weighted by Gasteiger charge is -2.16. The van der Waals surface area contributed by atoms with Crippen molar-refractivity contribution in [3.8, 4) is 0 Å². The number of thiophene rings is 1. The van der Waals surface area contributed by atoms with Crippen LogP contribution in [0, 0.1) is 10.1 Å². The van der Waals surface area contributed by atoms with E-state index in [2.05, 4.69) is 10.3 Å².